The van der Waals surface area contributed by atoms with Crippen molar-refractivity contribution in [2.75, 3.05) is 6.61 Å². The van der Waals surface area contributed by atoms with Crippen molar-refractivity contribution in [2.45, 2.75) is 77.7 Å². The van der Waals surface area contributed by atoms with Crippen molar-refractivity contribution in [1.29, 1.82) is 5.26 Å². The van der Waals surface area contributed by atoms with Crippen LogP contribution >= 0.6 is 0 Å². The minimum atomic E-state index is 0.135. The summed E-state index contributed by atoms with van der Waals surface area (Å²) in [5, 5.41) is 9.22. The van der Waals surface area contributed by atoms with Gasteiger partial charge in [0.05, 0.1) is 18.1 Å². The van der Waals surface area contributed by atoms with Crippen molar-refractivity contribution >= 4 is 0 Å². The number of hydrogen-bond acceptors (Lipinski definition) is 2. The van der Waals surface area contributed by atoms with Gasteiger partial charge < -0.3 is 4.74 Å². The van der Waals surface area contributed by atoms with Crippen LogP contribution in [0.4, 0.5) is 0 Å². The summed E-state index contributed by atoms with van der Waals surface area (Å²) in [6.45, 7) is 5.35. The molecule has 0 bridgehead atoms. The summed E-state index contributed by atoms with van der Waals surface area (Å²) >= 11 is 0. The fraction of sp³-hybridized carbons (Fsp3) is 0.938. The zero-order valence-corrected chi connectivity index (χ0v) is 12.2. The highest BCUT2D eigenvalue weighted by Crippen LogP contribution is 2.26. The number of nitriles is 1. The first-order valence-corrected chi connectivity index (χ1v) is 7.83. The number of rotatable bonds is 7. The average molecular weight is 251 g/mol. The van der Waals surface area contributed by atoms with Crippen molar-refractivity contribution in [1.82, 2.24) is 0 Å². The lowest BCUT2D eigenvalue weighted by Crippen LogP contribution is -2.24. The van der Waals surface area contributed by atoms with Crippen LogP contribution in [0, 0.1) is 23.2 Å². The molecule has 0 heterocycles. The van der Waals surface area contributed by atoms with Crippen molar-refractivity contribution in [3.05, 3.63) is 0 Å². The third-order valence-electron chi connectivity index (χ3n) is 4.21. The fourth-order valence-corrected chi connectivity index (χ4v) is 2.78. The van der Waals surface area contributed by atoms with Gasteiger partial charge in [0.15, 0.2) is 0 Å². The molecule has 1 aliphatic rings. The maximum Gasteiger partial charge on any atom is 0.0733 e. The Morgan fingerprint density at radius 1 is 1.22 bits per heavy atom. The zero-order chi connectivity index (χ0) is 13.2. The van der Waals surface area contributed by atoms with Crippen molar-refractivity contribution in [2.24, 2.45) is 11.8 Å². The molecule has 2 nitrogen and oxygen atoms in total. The monoisotopic (exact) mass is 251 g/mol. The molecule has 0 aromatic carbocycles. The molecule has 0 amide bonds. The summed E-state index contributed by atoms with van der Waals surface area (Å²) < 4.78 is 6.09. The van der Waals surface area contributed by atoms with E-state index < -0.39 is 0 Å². The largest absolute Gasteiger partial charge is 0.377 e. The van der Waals surface area contributed by atoms with Gasteiger partial charge in [-0.2, -0.15) is 5.26 Å². The average Bonchev–Trinajstić information content (AvgIpc) is 2.64. The second kappa shape index (κ2) is 9.39. The molecule has 0 radical (unpaired) electrons. The standard InChI is InChI=1S/C16H29NO/c1-3-5-9-14(4-2)13-18-16-11-8-6-7-10-15(16)12-17/h14-16H,3-11,13H2,1-2H3. The Hall–Kier alpha value is -0.550. The van der Waals surface area contributed by atoms with E-state index in [0.29, 0.717) is 5.92 Å². The molecule has 104 valence electrons. The lowest BCUT2D eigenvalue weighted by Gasteiger charge is -2.23. The molecule has 0 aliphatic heterocycles. The quantitative estimate of drug-likeness (QED) is 0.615. The van der Waals surface area contributed by atoms with Gasteiger partial charge in [0.25, 0.3) is 0 Å². The van der Waals surface area contributed by atoms with Crippen LogP contribution in [0.15, 0.2) is 0 Å². The van der Waals surface area contributed by atoms with E-state index in [0.717, 1.165) is 19.4 Å². The molecule has 1 rings (SSSR count). The molecule has 18 heavy (non-hydrogen) atoms. The smallest absolute Gasteiger partial charge is 0.0733 e. The van der Waals surface area contributed by atoms with Crippen LogP contribution in [-0.4, -0.2) is 12.7 Å². The molecular weight excluding hydrogens is 222 g/mol. The number of nitrogens with zero attached hydrogens (tertiary/aromatic N) is 1. The summed E-state index contributed by atoms with van der Waals surface area (Å²) in [4.78, 5) is 0. The molecular formula is C16H29NO. The van der Waals surface area contributed by atoms with Crippen LogP contribution < -0.4 is 0 Å². The van der Waals surface area contributed by atoms with Crippen LogP contribution in [0.5, 0.6) is 0 Å². The number of hydrogen-bond donors (Lipinski definition) is 0. The van der Waals surface area contributed by atoms with Crippen LogP contribution in [0.1, 0.15) is 71.6 Å². The summed E-state index contributed by atoms with van der Waals surface area (Å²) in [7, 11) is 0. The van der Waals surface area contributed by atoms with Gasteiger partial charge in [-0.1, -0.05) is 52.4 Å². The Labute approximate surface area is 113 Å². The van der Waals surface area contributed by atoms with Gasteiger partial charge in [-0.05, 0) is 25.2 Å². The molecule has 0 saturated heterocycles. The third kappa shape index (κ3) is 5.40. The Balaban J connectivity index is 2.36. The molecule has 3 unspecified atom stereocenters. The van der Waals surface area contributed by atoms with Gasteiger partial charge >= 0.3 is 0 Å². The van der Waals surface area contributed by atoms with E-state index in [2.05, 4.69) is 19.9 Å². The van der Waals surface area contributed by atoms with Gasteiger partial charge in [-0.15, -0.1) is 0 Å². The lowest BCUT2D eigenvalue weighted by atomic mass is 9.97. The van der Waals surface area contributed by atoms with Crippen LogP contribution in [0.2, 0.25) is 0 Å². The molecule has 0 N–H and O–H groups in total. The Kier molecular flexibility index (Phi) is 8.09. The summed E-state index contributed by atoms with van der Waals surface area (Å²) in [5.41, 5.74) is 0. The first-order chi connectivity index (χ1) is 8.81. The fourth-order valence-electron chi connectivity index (χ4n) is 2.78. The maximum atomic E-state index is 9.22. The minimum Gasteiger partial charge on any atom is -0.377 e. The van der Waals surface area contributed by atoms with E-state index in [1.165, 1.54) is 44.9 Å². The number of ether oxygens (including phenoxy) is 1. The van der Waals surface area contributed by atoms with E-state index in [9.17, 15) is 5.26 Å². The third-order valence-corrected chi connectivity index (χ3v) is 4.21. The van der Waals surface area contributed by atoms with Crippen LogP contribution in [-0.2, 0) is 4.74 Å². The summed E-state index contributed by atoms with van der Waals surface area (Å²) in [6, 6.07) is 2.45. The molecule has 1 saturated carbocycles. The Morgan fingerprint density at radius 2 is 2.00 bits per heavy atom. The van der Waals surface area contributed by atoms with Gasteiger partial charge in [0.2, 0.25) is 0 Å². The highest BCUT2D eigenvalue weighted by molar-refractivity contribution is 4.90. The SMILES string of the molecule is CCCCC(CC)COC1CCCCCC1C#N. The maximum absolute atomic E-state index is 9.22. The summed E-state index contributed by atoms with van der Waals surface area (Å²) in [6.07, 6.45) is 11.1. The molecule has 3 atom stereocenters. The van der Waals surface area contributed by atoms with Gasteiger partial charge in [-0.3, -0.25) is 0 Å². The first kappa shape index (κ1) is 15.5. The molecule has 0 aromatic heterocycles. The molecule has 1 fully saturated rings. The van der Waals surface area contributed by atoms with Crippen LogP contribution in [0.3, 0.4) is 0 Å². The van der Waals surface area contributed by atoms with E-state index in [4.69, 9.17) is 4.74 Å². The van der Waals surface area contributed by atoms with E-state index >= 15 is 0 Å². The predicted octanol–water partition coefficient (Wildman–Crippen LogP) is 4.69. The van der Waals surface area contributed by atoms with Crippen molar-refractivity contribution in [3.63, 3.8) is 0 Å². The zero-order valence-electron chi connectivity index (χ0n) is 12.2. The van der Waals surface area contributed by atoms with Gasteiger partial charge in [0, 0.05) is 6.61 Å². The molecule has 1 aliphatic carbocycles. The second-order valence-electron chi connectivity index (χ2n) is 5.66. The minimum absolute atomic E-state index is 0.135. The van der Waals surface area contributed by atoms with Crippen molar-refractivity contribution in [3.8, 4) is 6.07 Å². The normalized spacial score (nSPS) is 26.3. The van der Waals surface area contributed by atoms with E-state index in [1.54, 1.807) is 0 Å². The molecule has 2 heteroatoms. The van der Waals surface area contributed by atoms with E-state index in [-0.39, 0.29) is 12.0 Å². The van der Waals surface area contributed by atoms with Crippen molar-refractivity contribution < 1.29 is 4.74 Å². The Bertz CT molecular complexity index is 246. The van der Waals surface area contributed by atoms with Crippen LogP contribution in [0.25, 0.3) is 0 Å². The second-order valence-corrected chi connectivity index (χ2v) is 5.66. The predicted molar refractivity (Wildman–Crippen MR) is 75.2 cm³/mol. The van der Waals surface area contributed by atoms with E-state index in [1.807, 2.05) is 0 Å². The topological polar surface area (TPSA) is 33.0 Å². The molecule has 0 spiro atoms. The highest BCUT2D eigenvalue weighted by atomic mass is 16.5. The first-order valence-electron chi connectivity index (χ1n) is 7.83. The number of unbranched alkanes of at least 4 members (excludes halogenated alkanes) is 1. The summed E-state index contributed by atoms with van der Waals surface area (Å²) in [5.74, 6) is 0.823. The van der Waals surface area contributed by atoms with Gasteiger partial charge in [-0.25, -0.2) is 0 Å². The molecule has 0 aromatic rings. The highest BCUT2D eigenvalue weighted by Gasteiger charge is 2.24. The van der Waals surface area contributed by atoms with Gasteiger partial charge in [0.1, 0.15) is 0 Å². The Morgan fingerprint density at radius 3 is 2.67 bits per heavy atom. The lowest BCUT2D eigenvalue weighted by molar-refractivity contribution is 0.000300.